The van der Waals surface area contributed by atoms with Crippen LogP contribution in [0.3, 0.4) is 0 Å². The number of nitrogens with zero attached hydrogens (tertiary/aromatic N) is 2. The van der Waals surface area contributed by atoms with Gasteiger partial charge in [-0.25, -0.2) is 9.59 Å². The van der Waals surface area contributed by atoms with Gasteiger partial charge in [0.1, 0.15) is 5.75 Å². The summed E-state index contributed by atoms with van der Waals surface area (Å²) in [7, 11) is 1.79. The van der Waals surface area contributed by atoms with Gasteiger partial charge in [-0.3, -0.25) is 4.79 Å². The van der Waals surface area contributed by atoms with Crippen molar-refractivity contribution in [1.29, 1.82) is 0 Å². The van der Waals surface area contributed by atoms with Gasteiger partial charge in [0.25, 0.3) is 5.91 Å². The summed E-state index contributed by atoms with van der Waals surface area (Å²) >= 11 is 0. The molecular weight excluding hydrogens is 646 g/mol. The molecule has 3 aromatic carbocycles. The zero-order chi connectivity index (χ0) is 36.3. The number of anilines is 2. The topological polar surface area (TPSA) is 132 Å². The second kappa shape index (κ2) is 18.2. The molecule has 0 aromatic heterocycles. The Bertz CT molecular complexity index is 1620. The summed E-state index contributed by atoms with van der Waals surface area (Å²) in [6.07, 6.45) is 7.41. The summed E-state index contributed by atoms with van der Waals surface area (Å²) in [6.45, 7) is 6.72. The molecule has 1 aliphatic carbocycles. The van der Waals surface area contributed by atoms with Crippen molar-refractivity contribution in [2.45, 2.75) is 96.4 Å². The minimum absolute atomic E-state index is 0.113. The van der Waals surface area contributed by atoms with Crippen LogP contribution >= 0.6 is 0 Å². The quantitative estimate of drug-likeness (QED) is 0.205. The van der Waals surface area contributed by atoms with Gasteiger partial charge in [0, 0.05) is 49.8 Å². The van der Waals surface area contributed by atoms with Crippen molar-refractivity contribution in [2.24, 2.45) is 5.92 Å². The van der Waals surface area contributed by atoms with Crippen LogP contribution in [0, 0.1) is 5.92 Å². The second-order valence-corrected chi connectivity index (χ2v) is 14.3. The Kier molecular flexibility index (Phi) is 13.5. The van der Waals surface area contributed by atoms with Crippen LogP contribution in [0.1, 0.15) is 82.5 Å². The molecule has 0 spiro atoms. The smallest absolute Gasteiger partial charge is 0.323 e. The number of carbonyl (C=O) groups excluding carboxylic acids is 3. The highest BCUT2D eigenvalue weighted by Crippen LogP contribution is 2.29. The lowest BCUT2D eigenvalue weighted by atomic mass is 9.96. The minimum atomic E-state index is -0.516. The van der Waals surface area contributed by atoms with Crippen molar-refractivity contribution in [3.05, 3.63) is 66.2 Å². The van der Waals surface area contributed by atoms with Crippen molar-refractivity contribution in [1.82, 2.24) is 15.1 Å². The molecular formula is C40H55N5O6. The maximum atomic E-state index is 14.5. The highest BCUT2D eigenvalue weighted by molar-refractivity contribution is 6.07. The molecule has 0 unspecified atom stereocenters. The van der Waals surface area contributed by atoms with Crippen molar-refractivity contribution in [2.75, 3.05) is 44.0 Å². The van der Waals surface area contributed by atoms with E-state index in [2.05, 4.69) is 16.0 Å². The lowest BCUT2D eigenvalue weighted by Crippen LogP contribution is -2.50. The highest BCUT2D eigenvalue weighted by Gasteiger charge is 2.31. The summed E-state index contributed by atoms with van der Waals surface area (Å²) < 4.78 is 12.8. The van der Waals surface area contributed by atoms with E-state index in [0.29, 0.717) is 30.3 Å². The number of rotatable bonds is 7. The monoisotopic (exact) mass is 701 g/mol. The average molecular weight is 702 g/mol. The molecule has 0 bridgehead atoms. The molecule has 0 radical (unpaired) electrons. The molecule has 11 heteroatoms. The molecule has 51 heavy (non-hydrogen) atoms. The first-order valence-electron chi connectivity index (χ1n) is 18.5. The van der Waals surface area contributed by atoms with Gasteiger partial charge in [0.2, 0.25) is 0 Å². The first-order valence-corrected chi connectivity index (χ1v) is 18.5. The zero-order valence-electron chi connectivity index (χ0n) is 30.5. The Morgan fingerprint density at radius 1 is 0.961 bits per heavy atom. The van der Waals surface area contributed by atoms with Gasteiger partial charge in [-0.05, 0) is 75.6 Å². The first-order chi connectivity index (χ1) is 24.6. The number of nitrogens with one attached hydrogen (secondary N) is 3. The summed E-state index contributed by atoms with van der Waals surface area (Å²) in [4.78, 5) is 44.2. The van der Waals surface area contributed by atoms with Crippen molar-refractivity contribution in [3.8, 4) is 5.75 Å². The van der Waals surface area contributed by atoms with E-state index in [0.717, 1.165) is 55.7 Å². The predicted molar refractivity (Wildman–Crippen MR) is 201 cm³/mol. The Morgan fingerprint density at radius 2 is 1.71 bits per heavy atom. The van der Waals surface area contributed by atoms with Gasteiger partial charge >= 0.3 is 12.1 Å². The van der Waals surface area contributed by atoms with Crippen LogP contribution in [0.25, 0.3) is 10.8 Å². The molecule has 5 rings (SSSR count). The number of amides is 5. The normalized spacial score (nSPS) is 21.5. The fourth-order valence-electron chi connectivity index (χ4n) is 6.97. The van der Waals surface area contributed by atoms with Crippen LogP contribution in [0.2, 0.25) is 0 Å². The van der Waals surface area contributed by atoms with Crippen LogP contribution in [-0.2, 0) is 4.74 Å². The van der Waals surface area contributed by atoms with E-state index in [1.165, 1.54) is 6.42 Å². The zero-order valence-corrected chi connectivity index (χ0v) is 30.5. The Labute approximate surface area is 302 Å². The van der Waals surface area contributed by atoms with Crippen molar-refractivity contribution in [3.63, 3.8) is 0 Å². The second-order valence-electron chi connectivity index (χ2n) is 14.3. The van der Waals surface area contributed by atoms with E-state index >= 15 is 0 Å². The van der Waals surface area contributed by atoms with E-state index < -0.39 is 12.1 Å². The maximum Gasteiger partial charge on any atom is 0.323 e. The van der Waals surface area contributed by atoms with Crippen LogP contribution in [-0.4, -0.2) is 90.5 Å². The number of likely N-dealkylation sites (N-methyl/N-ethyl adjacent to an activating group) is 1. The lowest BCUT2D eigenvalue weighted by molar-refractivity contribution is -0.0123. The van der Waals surface area contributed by atoms with Gasteiger partial charge < -0.3 is 40.3 Å². The largest absolute Gasteiger partial charge is 0.490 e. The summed E-state index contributed by atoms with van der Waals surface area (Å²) in [5.74, 6) is -0.0888. The molecule has 4 N–H and O–H groups in total. The molecule has 276 valence electrons. The number of fused-ring (bicyclic) bond motifs is 2. The van der Waals surface area contributed by atoms with Gasteiger partial charge in [0.15, 0.2) is 0 Å². The molecule has 3 aromatic rings. The number of benzene rings is 3. The fraction of sp³-hybridized carbons (Fsp3) is 0.525. The molecule has 0 saturated heterocycles. The fourth-order valence-corrected chi connectivity index (χ4v) is 6.97. The van der Waals surface area contributed by atoms with Crippen molar-refractivity contribution >= 4 is 40.1 Å². The van der Waals surface area contributed by atoms with E-state index in [9.17, 15) is 19.5 Å². The molecule has 4 atom stereocenters. The highest BCUT2D eigenvalue weighted by atomic mass is 16.5. The minimum Gasteiger partial charge on any atom is -0.490 e. The third-order valence-electron chi connectivity index (χ3n) is 10.1. The number of hydrogen-bond acceptors (Lipinski definition) is 6. The van der Waals surface area contributed by atoms with Gasteiger partial charge in [0.05, 0.1) is 36.1 Å². The summed E-state index contributed by atoms with van der Waals surface area (Å²) in [6, 6.07) is 17.7. The summed E-state index contributed by atoms with van der Waals surface area (Å²) in [5, 5.41) is 21.2. The molecule has 5 amide bonds. The van der Waals surface area contributed by atoms with Gasteiger partial charge in [-0.15, -0.1) is 0 Å². The van der Waals surface area contributed by atoms with E-state index in [-0.39, 0.29) is 54.8 Å². The number of hydrogen-bond donors (Lipinski definition) is 4. The first kappa shape index (κ1) is 37.9. The third-order valence-corrected chi connectivity index (χ3v) is 10.1. The average Bonchev–Trinajstić information content (AvgIpc) is 3.13. The van der Waals surface area contributed by atoms with E-state index in [4.69, 9.17) is 9.47 Å². The SMILES string of the molecule is C[C@@H]1CN([C@H](C)CO)C(=O)c2cc(NC(=O)Nc3cccc4ccccc34)ccc2O[C@@H](C)CCCCO[C@H]1CN(C)C(=O)NC1CCCCC1. The van der Waals surface area contributed by atoms with E-state index in [1.807, 2.05) is 56.3 Å². The van der Waals surface area contributed by atoms with Crippen LogP contribution in [0.4, 0.5) is 21.0 Å². The molecule has 1 heterocycles. The third kappa shape index (κ3) is 10.4. The Balaban J connectivity index is 1.36. The molecule has 11 nitrogen and oxygen atoms in total. The standard InChI is InChI=1S/C40H55N5O6/c1-27-24-45(28(2)26-46)38(47)34-23-32(41-39(48)43-35-19-12-15-30-14-8-9-18-33(30)35)20-21-36(34)51-29(3)13-10-11-22-50-37(27)25-44(4)40(49)42-31-16-6-5-7-17-31/h8-9,12,14-15,18-21,23,27-29,31,37,46H,5-7,10-11,13,16-17,22,24-26H2,1-4H3,(H,42,49)(H2,41,43,48)/t27-,28-,29+,37+/m1/s1. The maximum absolute atomic E-state index is 14.5. The Morgan fingerprint density at radius 3 is 2.49 bits per heavy atom. The Hall–Kier alpha value is -4.35. The van der Waals surface area contributed by atoms with Gasteiger partial charge in [-0.2, -0.15) is 0 Å². The van der Waals surface area contributed by atoms with Crippen LogP contribution in [0.15, 0.2) is 60.7 Å². The number of carbonyl (C=O) groups is 3. The molecule has 2 aliphatic rings. The van der Waals surface area contributed by atoms with Crippen LogP contribution < -0.4 is 20.7 Å². The number of urea groups is 2. The lowest BCUT2D eigenvalue weighted by Gasteiger charge is -2.36. The predicted octanol–water partition coefficient (Wildman–Crippen LogP) is 7.25. The van der Waals surface area contributed by atoms with Crippen LogP contribution in [0.5, 0.6) is 5.75 Å². The molecule has 1 aliphatic heterocycles. The summed E-state index contributed by atoms with van der Waals surface area (Å²) in [5.41, 5.74) is 1.38. The number of aliphatic hydroxyl groups excluding tert-OH is 1. The van der Waals surface area contributed by atoms with Gasteiger partial charge in [-0.1, -0.05) is 62.6 Å². The molecule has 1 saturated carbocycles. The molecule has 1 fully saturated rings. The number of aliphatic hydroxyl groups is 1. The van der Waals surface area contributed by atoms with Crippen molar-refractivity contribution < 1.29 is 29.0 Å². The number of ether oxygens (including phenoxy) is 2. The van der Waals surface area contributed by atoms with E-state index in [1.54, 1.807) is 42.0 Å².